The molecule has 1 aromatic carbocycles. The summed E-state index contributed by atoms with van der Waals surface area (Å²) in [5, 5.41) is 8.27. The van der Waals surface area contributed by atoms with Gasteiger partial charge in [0.15, 0.2) is 11.5 Å². The minimum Gasteiger partial charge on any atom is -0.492 e. The van der Waals surface area contributed by atoms with Crippen molar-refractivity contribution in [3.63, 3.8) is 0 Å². The van der Waals surface area contributed by atoms with Crippen molar-refractivity contribution in [1.29, 1.82) is 0 Å². The van der Waals surface area contributed by atoms with Crippen LogP contribution in [0.5, 0.6) is 5.75 Å². The summed E-state index contributed by atoms with van der Waals surface area (Å²) in [7, 11) is 0. The van der Waals surface area contributed by atoms with Gasteiger partial charge in [-0.25, -0.2) is 0 Å². The number of alkyl halides is 3. The Bertz CT molecular complexity index is 1340. The third-order valence-corrected chi connectivity index (χ3v) is 6.68. The molecule has 4 rings (SSSR count). The zero-order chi connectivity index (χ0) is 28.9. The number of hydrogen-bond acceptors (Lipinski definition) is 7. The molecule has 2 aromatic heterocycles. The summed E-state index contributed by atoms with van der Waals surface area (Å²) in [4.78, 5) is 35.0. The number of hydrogen-bond donors (Lipinski definition) is 0. The predicted octanol–water partition coefficient (Wildman–Crippen LogP) is 4.40. The molecular formula is C28H31F3N6O3. The number of pyridine rings is 1. The highest BCUT2D eigenvalue weighted by molar-refractivity contribution is 5.96. The van der Waals surface area contributed by atoms with Gasteiger partial charge in [0.2, 0.25) is 0 Å². The largest absolute Gasteiger partial charge is 0.492 e. The Kier molecular flexibility index (Phi) is 8.86. The van der Waals surface area contributed by atoms with Crippen LogP contribution in [0.1, 0.15) is 47.2 Å². The molecule has 3 heterocycles. The molecule has 9 nitrogen and oxygen atoms in total. The van der Waals surface area contributed by atoms with E-state index in [1.54, 1.807) is 30.0 Å². The number of piperazine rings is 1. The van der Waals surface area contributed by atoms with Crippen molar-refractivity contribution in [2.45, 2.75) is 26.9 Å². The molecule has 1 aliphatic heterocycles. The van der Waals surface area contributed by atoms with E-state index < -0.39 is 17.6 Å². The minimum atomic E-state index is -4.63. The van der Waals surface area contributed by atoms with Gasteiger partial charge in [-0.3, -0.25) is 14.6 Å². The summed E-state index contributed by atoms with van der Waals surface area (Å²) >= 11 is 0. The van der Waals surface area contributed by atoms with Crippen molar-refractivity contribution in [3.8, 4) is 16.9 Å². The fourth-order valence-electron chi connectivity index (χ4n) is 4.51. The molecule has 0 radical (unpaired) electrons. The van der Waals surface area contributed by atoms with Crippen LogP contribution in [0.2, 0.25) is 0 Å². The van der Waals surface area contributed by atoms with Gasteiger partial charge in [-0.05, 0) is 62.7 Å². The fourth-order valence-corrected chi connectivity index (χ4v) is 4.51. The maximum atomic E-state index is 13.8. The Balaban J connectivity index is 1.49. The molecule has 40 heavy (non-hydrogen) atoms. The minimum absolute atomic E-state index is 0.0563. The molecule has 0 N–H and O–H groups in total. The first kappa shape index (κ1) is 28.8. The molecular weight excluding hydrogens is 525 g/mol. The van der Waals surface area contributed by atoms with Crippen LogP contribution in [-0.4, -0.2) is 82.7 Å². The van der Waals surface area contributed by atoms with Gasteiger partial charge in [0, 0.05) is 56.6 Å². The third-order valence-electron chi connectivity index (χ3n) is 6.68. The van der Waals surface area contributed by atoms with E-state index in [4.69, 9.17) is 4.74 Å². The summed E-state index contributed by atoms with van der Waals surface area (Å²) in [6, 6.07) is 8.28. The molecule has 3 aromatic rings. The zero-order valence-corrected chi connectivity index (χ0v) is 22.6. The van der Waals surface area contributed by atoms with Crippen molar-refractivity contribution >= 4 is 17.6 Å². The molecule has 1 saturated heterocycles. The predicted molar refractivity (Wildman–Crippen MR) is 143 cm³/mol. The van der Waals surface area contributed by atoms with E-state index in [0.717, 1.165) is 12.1 Å². The second kappa shape index (κ2) is 12.3. The van der Waals surface area contributed by atoms with Crippen LogP contribution >= 0.6 is 0 Å². The smallest absolute Gasteiger partial charge is 0.416 e. The van der Waals surface area contributed by atoms with Gasteiger partial charge >= 0.3 is 6.18 Å². The van der Waals surface area contributed by atoms with Gasteiger partial charge < -0.3 is 19.4 Å². The first-order valence-corrected chi connectivity index (χ1v) is 13.1. The van der Waals surface area contributed by atoms with Gasteiger partial charge in [0.1, 0.15) is 5.75 Å². The van der Waals surface area contributed by atoms with Gasteiger partial charge in [0.25, 0.3) is 11.8 Å². The van der Waals surface area contributed by atoms with Gasteiger partial charge in [-0.1, -0.05) is 0 Å². The number of halogens is 3. The normalized spacial score (nSPS) is 13.8. The van der Waals surface area contributed by atoms with Crippen LogP contribution in [-0.2, 0) is 6.18 Å². The fraction of sp³-hybridized carbons (Fsp3) is 0.393. The van der Waals surface area contributed by atoms with Crippen LogP contribution in [0.15, 0.2) is 48.8 Å². The van der Waals surface area contributed by atoms with Crippen LogP contribution in [0.25, 0.3) is 11.1 Å². The highest BCUT2D eigenvalue weighted by atomic mass is 19.4. The van der Waals surface area contributed by atoms with Crippen LogP contribution in [0.4, 0.5) is 19.0 Å². The quantitative estimate of drug-likeness (QED) is 0.406. The Morgan fingerprint density at radius 1 is 0.925 bits per heavy atom. The van der Waals surface area contributed by atoms with Crippen molar-refractivity contribution in [3.05, 3.63) is 65.6 Å². The number of amides is 2. The lowest BCUT2D eigenvalue weighted by molar-refractivity contribution is -0.137. The van der Waals surface area contributed by atoms with Gasteiger partial charge in [-0.2, -0.15) is 13.2 Å². The van der Waals surface area contributed by atoms with E-state index >= 15 is 0 Å². The standard InChI is InChI=1S/C28H31F3N6O3/c1-4-35(5-2)27(39)24-7-8-25(34-33-24)36-9-11-37(12-10-36)26(38)20-13-19(14-22(15-20)28(29,30)31)21-16-23(40-6-3)18-32-17-21/h7-8,13-18H,4-6,9-12H2,1-3H3. The summed E-state index contributed by atoms with van der Waals surface area (Å²) < 4.78 is 46.7. The highest BCUT2D eigenvalue weighted by Crippen LogP contribution is 2.34. The SMILES string of the molecule is CCOc1cncc(-c2cc(C(=O)N3CCN(c4ccc(C(=O)N(CC)CC)nn4)CC3)cc(C(F)(F)F)c2)c1. The molecule has 0 atom stereocenters. The Hall–Kier alpha value is -4.22. The molecule has 12 heteroatoms. The molecule has 0 unspecified atom stereocenters. The first-order chi connectivity index (χ1) is 19.1. The maximum absolute atomic E-state index is 13.8. The molecule has 2 amide bonds. The summed E-state index contributed by atoms with van der Waals surface area (Å²) in [5.74, 6) is 0.300. The lowest BCUT2D eigenvalue weighted by Gasteiger charge is -2.35. The van der Waals surface area contributed by atoms with Gasteiger partial charge in [0.05, 0.1) is 18.4 Å². The number of carbonyl (C=O) groups excluding carboxylic acids is 2. The molecule has 1 fully saturated rings. The van der Waals surface area contributed by atoms with Crippen LogP contribution < -0.4 is 9.64 Å². The van der Waals surface area contributed by atoms with E-state index in [2.05, 4.69) is 15.2 Å². The van der Waals surface area contributed by atoms with Crippen LogP contribution in [0.3, 0.4) is 0 Å². The summed E-state index contributed by atoms with van der Waals surface area (Å²) in [6.07, 6.45) is -1.72. The average molecular weight is 557 g/mol. The first-order valence-electron chi connectivity index (χ1n) is 13.1. The van der Waals surface area contributed by atoms with Crippen molar-refractivity contribution in [2.24, 2.45) is 0 Å². The number of nitrogens with zero attached hydrogens (tertiary/aromatic N) is 6. The number of rotatable bonds is 8. The molecule has 0 saturated carbocycles. The Morgan fingerprint density at radius 3 is 2.25 bits per heavy atom. The number of carbonyl (C=O) groups is 2. The Morgan fingerprint density at radius 2 is 1.65 bits per heavy atom. The molecule has 0 aliphatic carbocycles. The lowest BCUT2D eigenvalue weighted by Crippen LogP contribution is -2.49. The summed E-state index contributed by atoms with van der Waals surface area (Å²) in [5.41, 5.74) is -0.0796. The monoisotopic (exact) mass is 556 g/mol. The van der Waals surface area contributed by atoms with Crippen molar-refractivity contribution < 1.29 is 27.5 Å². The molecule has 1 aliphatic rings. The average Bonchev–Trinajstić information content (AvgIpc) is 2.97. The lowest BCUT2D eigenvalue weighted by atomic mass is 9.99. The highest BCUT2D eigenvalue weighted by Gasteiger charge is 2.33. The Labute approximate surface area is 230 Å². The number of benzene rings is 1. The van der Waals surface area contributed by atoms with E-state index in [1.807, 2.05) is 18.7 Å². The molecule has 0 bridgehead atoms. The zero-order valence-electron chi connectivity index (χ0n) is 22.6. The number of ether oxygens (including phenoxy) is 1. The van der Waals surface area contributed by atoms with E-state index in [0.29, 0.717) is 49.9 Å². The number of aromatic nitrogens is 3. The number of anilines is 1. The summed E-state index contributed by atoms with van der Waals surface area (Å²) in [6.45, 7) is 8.49. The van der Waals surface area contributed by atoms with E-state index in [-0.39, 0.29) is 35.8 Å². The van der Waals surface area contributed by atoms with Crippen LogP contribution in [0, 0.1) is 0 Å². The van der Waals surface area contributed by atoms with Crippen molar-refractivity contribution in [1.82, 2.24) is 25.0 Å². The van der Waals surface area contributed by atoms with E-state index in [1.165, 1.54) is 23.4 Å². The van der Waals surface area contributed by atoms with Gasteiger partial charge in [-0.15, -0.1) is 10.2 Å². The third kappa shape index (κ3) is 6.49. The second-order valence-corrected chi connectivity index (χ2v) is 9.17. The topological polar surface area (TPSA) is 91.8 Å². The van der Waals surface area contributed by atoms with Crippen molar-refractivity contribution in [2.75, 3.05) is 50.8 Å². The molecule has 212 valence electrons. The van der Waals surface area contributed by atoms with E-state index in [9.17, 15) is 22.8 Å². The molecule has 0 spiro atoms. The second-order valence-electron chi connectivity index (χ2n) is 9.17. The maximum Gasteiger partial charge on any atom is 0.416 e.